The first-order valence-corrected chi connectivity index (χ1v) is 8.15. The molecule has 1 aromatic rings. The Kier molecular flexibility index (Phi) is 6.69. The largest absolute Gasteiger partial charge is 0.493 e. The molecule has 0 unspecified atom stereocenters. The van der Waals surface area contributed by atoms with Gasteiger partial charge in [0.2, 0.25) is 11.7 Å². The zero-order valence-electron chi connectivity index (χ0n) is 14.9. The van der Waals surface area contributed by atoms with E-state index in [-0.39, 0.29) is 5.91 Å². The van der Waals surface area contributed by atoms with Crippen LogP contribution in [0.4, 0.5) is 5.69 Å². The highest BCUT2D eigenvalue weighted by Gasteiger charge is 2.19. The number of benzene rings is 1. The summed E-state index contributed by atoms with van der Waals surface area (Å²) in [4.78, 5) is 16.9. The molecular weight excluding hydrogens is 310 g/mol. The first-order valence-electron chi connectivity index (χ1n) is 8.15. The molecule has 1 aromatic carbocycles. The Morgan fingerprint density at radius 1 is 1.00 bits per heavy atom. The third-order valence-electron chi connectivity index (χ3n) is 4.23. The molecule has 7 heteroatoms. The Labute approximate surface area is 143 Å². The Hall–Kier alpha value is -1.99. The molecule has 134 valence electrons. The third-order valence-corrected chi connectivity index (χ3v) is 4.23. The van der Waals surface area contributed by atoms with E-state index in [1.165, 1.54) is 0 Å². The van der Waals surface area contributed by atoms with Gasteiger partial charge < -0.3 is 24.4 Å². The summed E-state index contributed by atoms with van der Waals surface area (Å²) in [5.41, 5.74) is 0.627. The van der Waals surface area contributed by atoms with Gasteiger partial charge >= 0.3 is 0 Å². The fraction of sp³-hybridized carbons (Fsp3) is 0.588. The monoisotopic (exact) mass is 337 g/mol. The molecule has 1 aliphatic rings. The minimum atomic E-state index is -0.0470. The summed E-state index contributed by atoms with van der Waals surface area (Å²) in [5.74, 6) is 1.50. The van der Waals surface area contributed by atoms with Crippen LogP contribution in [0.2, 0.25) is 0 Å². The fourth-order valence-electron chi connectivity index (χ4n) is 2.82. The van der Waals surface area contributed by atoms with Gasteiger partial charge in [-0.05, 0) is 6.54 Å². The van der Waals surface area contributed by atoms with E-state index in [4.69, 9.17) is 14.2 Å². The van der Waals surface area contributed by atoms with Gasteiger partial charge in [-0.1, -0.05) is 6.92 Å². The summed E-state index contributed by atoms with van der Waals surface area (Å²) in [6, 6.07) is 3.46. The van der Waals surface area contributed by atoms with Crippen LogP contribution >= 0.6 is 0 Å². The summed E-state index contributed by atoms with van der Waals surface area (Å²) >= 11 is 0. The molecule has 1 saturated heterocycles. The van der Waals surface area contributed by atoms with Crippen molar-refractivity contribution >= 4 is 11.6 Å². The SMILES string of the molecule is CCN1CCN(CC(=O)Nc2cc(OC)c(OC)c(OC)c2)CC1. The maximum Gasteiger partial charge on any atom is 0.238 e. The molecule has 0 radical (unpaired) electrons. The molecule has 0 atom stereocenters. The predicted octanol–water partition coefficient (Wildman–Crippen LogP) is 1.29. The van der Waals surface area contributed by atoms with Crippen molar-refractivity contribution < 1.29 is 19.0 Å². The number of amides is 1. The number of piperazine rings is 1. The molecule has 0 spiro atoms. The third kappa shape index (κ3) is 4.52. The van der Waals surface area contributed by atoms with Crippen molar-refractivity contribution in [3.8, 4) is 17.2 Å². The summed E-state index contributed by atoms with van der Waals surface area (Å²) in [7, 11) is 4.65. The Balaban J connectivity index is 1.99. The molecule has 1 aliphatic heterocycles. The van der Waals surface area contributed by atoms with Crippen molar-refractivity contribution in [3.63, 3.8) is 0 Å². The first-order chi connectivity index (χ1) is 11.6. The highest BCUT2D eigenvalue weighted by Crippen LogP contribution is 2.39. The molecule has 7 nitrogen and oxygen atoms in total. The Bertz CT molecular complexity index is 532. The molecule has 1 amide bonds. The minimum absolute atomic E-state index is 0.0470. The summed E-state index contributed by atoms with van der Waals surface area (Å²) in [5, 5.41) is 2.91. The van der Waals surface area contributed by atoms with Crippen LogP contribution in [-0.2, 0) is 4.79 Å². The summed E-state index contributed by atoms with van der Waals surface area (Å²) in [6.45, 7) is 7.45. The zero-order chi connectivity index (χ0) is 17.5. The summed E-state index contributed by atoms with van der Waals surface area (Å²) in [6.07, 6.45) is 0. The predicted molar refractivity (Wildman–Crippen MR) is 93.3 cm³/mol. The van der Waals surface area contributed by atoms with Gasteiger partial charge in [0.25, 0.3) is 0 Å². The van der Waals surface area contributed by atoms with Crippen molar-refractivity contribution in [1.29, 1.82) is 0 Å². The van der Waals surface area contributed by atoms with E-state index in [1.54, 1.807) is 33.5 Å². The lowest BCUT2D eigenvalue weighted by Gasteiger charge is -2.33. The van der Waals surface area contributed by atoms with Gasteiger partial charge in [0, 0.05) is 44.0 Å². The van der Waals surface area contributed by atoms with E-state index >= 15 is 0 Å². The van der Waals surface area contributed by atoms with Crippen molar-refractivity contribution in [3.05, 3.63) is 12.1 Å². The second-order valence-corrected chi connectivity index (χ2v) is 5.67. The van der Waals surface area contributed by atoms with Crippen LogP contribution in [0.5, 0.6) is 17.2 Å². The van der Waals surface area contributed by atoms with Crippen LogP contribution in [0.25, 0.3) is 0 Å². The lowest BCUT2D eigenvalue weighted by Crippen LogP contribution is -2.48. The molecular formula is C17H27N3O4. The van der Waals surface area contributed by atoms with Crippen molar-refractivity contribution in [2.45, 2.75) is 6.92 Å². The molecule has 0 aliphatic carbocycles. The van der Waals surface area contributed by atoms with E-state index < -0.39 is 0 Å². The average molecular weight is 337 g/mol. The van der Waals surface area contributed by atoms with Gasteiger partial charge in [0.05, 0.1) is 27.9 Å². The Morgan fingerprint density at radius 3 is 2.00 bits per heavy atom. The van der Waals surface area contributed by atoms with Gasteiger partial charge in [-0.15, -0.1) is 0 Å². The minimum Gasteiger partial charge on any atom is -0.493 e. The van der Waals surface area contributed by atoms with E-state index in [0.29, 0.717) is 29.5 Å². The number of rotatable bonds is 7. The highest BCUT2D eigenvalue weighted by atomic mass is 16.5. The number of hydrogen-bond acceptors (Lipinski definition) is 6. The lowest BCUT2D eigenvalue weighted by molar-refractivity contribution is -0.117. The quantitative estimate of drug-likeness (QED) is 0.809. The molecule has 0 saturated carbocycles. The van der Waals surface area contributed by atoms with Gasteiger partial charge in [-0.2, -0.15) is 0 Å². The van der Waals surface area contributed by atoms with Crippen LogP contribution in [0.15, 0.2) is 12.1 Å². The second-order valence-electron chi connectivity index (χ2n) is 5.67. The van der Waals surface area contributed by atoms with Gasteiger partial charge in [-0.25, -0.2) is 0 Å². The second kappa shape index (κ2) is 8.75. The van der Waals surface area contributed by atoms with Crippen molar-refractivity contribution in [2.24, 2.45) is 0 Å². The number of carbonyl (C=O) groups is 1. The number of nitrogens with zero attached hydrogens (tertiary/aromatic N) is 2. The van der Waals surface area contributed by atoms with E-state index in [0.717, 1.165) is 32.7 Å². The van der Waals surface area contributed by atoms with Gasteiger partial charge in [-0.3, -0.25) is 9.69 Å². The number of nitrogens with one attached hydrogen (secondary N) is 1. The van der Waals surface area contributed by atoms with Gasteiger partial charge in [0.15, 0.2) is 11.5 Å². The van der Waals surface area contributed by atoms with Crippen LogP contribution in [0, 0.1) is 0 Å². The molecule has 0 bridgehead atoms. The van der Waals surface area contributed by atoms with Crippen LogP contribution in [-0.4, -0.2) is 76.3 Å². The summed E-state index contributed by atoms with van der Waals surface area (Å²) < 4.78 is 15.9. The zero-order valence-corrected chi connectivity index (χ0v) is 14.9. The average Bonchev–Trinajstić information content (AvgIpc) is 2.61. The number of hydrogen-bond donors (Lipinski definition) is 1. The van der Waals surface area contributed by atoms with Crippen molar-refractivity contribution in [2.75, 3.05) is 65.9 Å². The molecule has 1 heterocycles. The molecule has 1 N–H and O–H groups in total. The van der Waals surface area contributed by atoms with Gasteiger partial charge in [0.1, 0.15) is 0 Å². The van der Waals surface area contributed by atoms with Crippen LogP contribution < -0.4 is 19.5 Å². The lowest BCUT2D eigenvalue weighted by atomic mass is 10.2. The van der Waals surface area contributed by atoms with Crippen LogP contribution in [0.3, 0.4) is 0 Å². The normalized spacial score (nSPS) is 15.8. The topological polar surface area (TPSA) is 63.3 Å². The van der Waals surface area contributed by atoms with E-state index in [1.807, 2.05) is 0 Å². The number of carbonyl (C=O) groups excluding carboxylic acids is 1. The maximum absolute atomic E-state index is 12.3. The van der Waals surface area contributed by atoms with Crippen LogP contribution in [0.1, 0.15) is 6.92 Å². The maximum atomic E-state index is 12.3. The van der Waals surface area contributed by atoms with E-state index in [2.05, 4.69) is 22.0 Å². The number of methoxy groups -OCH3 is 3. The number of likely N-dealkylation sites (N-methyl/N-ethyl adjacent to an activating group) is 1. The molecule has 24 heavy (non-hydrogen) atoms. The Morgan fingerprint density at radius 2 is 1.54 bits per heavy atom. The molecule has 2 rings (SSSR count). The highest BCUT2D eigenvalue weighted by molar-refractivity contribution is 5.93. The fourth-order valence-corrected chi connectivity index (χ4v) is 2.82. The standard InChI is InChI=1S/C17H27N3O4/c1-5-19-6-8-20(9-7-19)12-16(21)18-13-10-14(22-2)17(24-4)15(11-13)23-3/h10-11H,5-9,12H2,1-4H3,(H,18,21). The number of anilines is 1. The molecule has 1 fully saturated rings. The smallest absolute Gasteiger partial charge is 0.238 e. The van der Waals surface area contributed by atoms with E-state index in [9.17, 15) is 4.79 Å². The first kappa shape index (κ1) is 18.4. The number of ether oxygens (including phenoxy) is 3. The van der Waals surface area contributed by atoms with Crippen molar-refractivity contribution in [1.82, 2.24) is 9.80 Å². The molecule has 0 aromatic heterocycles.